The molecule has 0 saturated heterocycles. The van der Waals surface area contributed by atoms with Crippen molar-refractivity contribution >= 4 is 5.95 Å². The lowest BCUT2D eigenvalue weighted by Crippen LogP contribution is -2.08. The molecule has 6 nitrogen and oxygen atoms in total. The summed E-state index contributed by atoms with van der Waals surface area (Å²) in [5, 5.41) is 23.1. The Hall–Kier alpha value is -2.42. The minimum Gasteiger partial charge on any atom is -0.353 e. The summed E-state index contributed by atoms with van der Waals surface area (Å²) in [4.78, 5) is 0. The SMILES string of the molecule is N#CCCCCNc1nnnn1-c1ccccc1. The molecule has 0 aliphatic rings. The van der Waals surface area contributed by atoms with Crippen molar-refractivity contribution < 1.29 is 0 Å². The Balaban J connectivity index is 1.95. The molecular formula is C12H14N6. The molecule has 0 bridgehead atoms. The predicted molar refractivity (Wildman–Crippen MR) is 67.1 cm³/mol. The smallest absolute Gasteiger partial charge is 0.247 e. The first-order valence-corrected chi connectivity index (χ1v) is 5.86. The highest BCUT2D eigenvalue weighted by Crippen LogP contribution is 2.10. The molecular weight excluding hydrogens is 228 g/mol. The van der Waals surface area contributed by atoms with Crippen LogP contribution in [0.15, 0.2) is 30.3 Å². The molecule has 0 aliphatic carbocycles. The van der Waals surface area contributed by atoms with E-state index in [1.807, 2.05) is 30.3 Å². The summed E-state index contributed by atoms with van der Waals surface area (Å²) in [7, 11) is 0. The summed E-state index contributed by atoms with van der Waals surface area (Å²) in [5.41, 5.74) is 0.919. The highest BCUT2D eigenvalue weighted by Gasteiger charge is 2.06. The third-order valence-electron chi connectivity index (χ3n) is 2.47. The van der Waals surface area contributed by atoms with E-state index in [1.54, 1.807) is 4.68 Å². The maximum absolute atomic E-state index is 8.44. The van der Waals surface area contributed by atoms with Crippen molar-refractivity contribution in [3.8, 4) is 11.8 Å². The summed E-state index contributed by atoms with van der Waals surface area (Å²) < 4.78 is 1.66. The molecule has 2 rings (SSSR count). The number of rotatable bonds is 6. The van der Waals surface area contributed by atoms with E-state index >= 15 is 0 Å². The van der Waals surface area contributed by atoms with Crippen molar-refractivity contribution in [2.75, 3.05) is 11.9 Å². The lowest BCUT2D eigenvalue weighted by molar-refractivity contribution is 0.766. The van der Waals surface area contributed by atoms with E-state index in [-0.39, 0.29) is 0 Å². The van der Waals surface area contributed by atoms with Crippen LogP contribution in [0.4, 0.5) is 5.95 Å². The molecule has 1 aromatic carbocycles. The van der Waals surface area contributed by atoms with Gasteiger partial charge in [-0.2, -0.15) is 9.94 Å². The van der Waals surface area contributed by atoms with Crippen LogP contribution in [0, 0.1) is 11.3 Å². The Morgan fingerprint density at radius 1 is 1.22 bits per heavy atom. The summed E-state index contributed by atoms with van der Waals surface area (Å²) in [6, 6.07) is 11.8. The molecule has 0 radical (unpaired) electrons. The second kappa shape index (κ2) is 6.35. The van der Waals surface area contributed by atoms with Gasteiger partial charge < -0.3 is 5.32 Å². The standard InChI is InChI=1S/C12H14N6/c13-9-5-2-6-10-14-12-15-16-17-18(12)11-7-3-1-4-8-11/h1,3-4,7-8H,2,5-6,10H2,(H,14,15,17). The minimum absolute atomic E-state index is 0.589. The van der Waals surface area contributed by atoms with Gasteiger partial charge in [0.2, 0.25) is 5.95 Å². The molecule has 1 N–H and O–H groups in total. The number of nitrogens with one attached hydrogen (secondary N) is 1. The van der Waals surface area contributed by atoms with Gasteiger partial charge in [-0.25, -0.2) is 0 Å². The summed E-state index contributed by atoms with van der Waals surface area (Å²) >= 11 is 0. The average Bonchev–Trinajstić information content (AvgIpc) is 2.88. The van der Waals surface area contributed by atoms with Crippen LogP contribution in [0.1, 0.15) is 19.3 Å². The van der Waals surface area contributed by atoms with Crippen molar-refractivity contribution in [3.05, 3.63) is 30.3 Å². The van der Waals surface area contributed by atoms with Crippen LogP contribution in [0.25, 0.3) is 5.69 Å². The number of benzene rings is 1. The van der Waals surface area contributed by atoms with Gasteiger partial charge >= 0.3 is 0 Å². The van der Waals surface area contributed by atoms with Crippen LogP contribution >= 0.6 is 0 Å². The van der Waals surface area contributed by atoms with Crippen molar-refractivity contribution in [2.24, 2.45) is 0 Å². The second-order valence-corrected chi connectivity index (χ2v) is 3.79. The molecule has 0 spiro atoms. The van der Waals surface area contributed by atoms with Crippen molar-refractivity contribution in [3.63, 3.8) is 0 Å². The Morgan fingerprint density at radius 2 is 2.06 bits per heavy atom. The molecule has 0 aliphatic heterocycles. The van der Waals surface area contributed by atoms with Crippen LogP contribution < -0.4 is 5.32 Å². The van der Waals surface area contributed by atoms with Gasteiger partial charge in [0.1, 0.15) is 0 Å². The molecule has 6 heteroatoms. The highest BCUT2D eigenvalue weighted by atomic mass is 15.6. The van der Waals surface area contributed by atoms with Crippen LogP contribution in [0.3, 0.4) is 0 Å². The number of unbranched alkanes of at least 4 members (excludes halogenated alkanes) is 2. The second-order valence-electron chi connectivity index (χ2n) is 3.79. The van der Waals surface area contributed by atoms with E-state index in [9.17, 15) is 0 Å². The van der Waals surface area contributed by atoms with Gasteiger partial charge in [-0.05, 0) is 35.4 Å². The number of nitriles is 1. The number of para-hydroxylation sites is 1. The monoisotopic (exact) mass is 242 g/mol. The van der Waals surface area contributed by atoms with Crippen LogP contribution in [0.2, 0.25) is 0 Å². The maximum Gasteiger partial charge on any atom is 0.247 e. The number of nitrogens with zero attached hydrogens (tertiary/aromatic N) is 5. The van der Waals surface area contributed by atoms with Gasteiger partial charge in [-0.1, -0.05) is 23.3 Å². The zero-order chi connectivity index (χ0) is 12.6. The third kappa shape index (κ3) is 3.04. The van der Waals surface area contributed by atoms with Crippen molar-refractivity contribution in [1.29, 1.82) is 5.26 Å². The number of hydrogen-bond donors (Lipinski definition) is 1. The average molecular weight is 242 g/mol. The van der Waals surface area contributed by atoms with Crippen molar-refractivity contribution in [1.82, 2.24) is 20.2 Å². The molecule has 0 saturated carbocycles. The molecule has 2 aromatic rings. The first kappa shape index (κ1) is 12.0. The molecule has 18 heavy (non-hydrogen) atoms. The fraction of sp³-hybridized carbons (Fsp3) is 0.333. The van der Waals surface area contributed by atoms with E-state index < -0.39 is 0 Å². The van der Waals surface area contributed by atoms with Gasteiger partial charge in [0, 0.05) is 13.0 Å². The molecule has 0 amide bonds. The number of tetrazole rings is 1. The lowest BCUT2D eigenvalue weighted by Gasteiger charge is -2.05. The van der Waals surface area contributed by atoms with E-state index in [0.717, 1.165) is 25.1 Å². The molecule has 1 heterocycles. The van der Waals surface area contributed by atoms with E-state index in [1.165, 1.54) is 0 Å². The lowest BCUT2D eigenvalue weighted by atomic mass is 10.2. The minimum atomic E-state index is 0.589. The fourth-order valence-electron chi connectivity index (χ4n) is 1.57. The number of hydrogen-bond acceptors (Lipinski definition) is 5. The number of aromatic nitrogens is 4. The molecule has 0 unspecified atom stereocenters. The Bertz CT molecular complexity index is 513. The fourth-order valence-corrected chi connectivity index (χ4v) is 1.57. The Kier molecular flexibility index (Phi) is 4.25. The summed E-state index contributed by atoms with van der Waals surface area (Å²) in [5.74, 6) is 0.623. The summed E-state index contributed by atoms with van der Waals surface area (Å²) in [6.07, 6.45) is 2.40. The summed E-state index contributed by atoms with van der Waals surface area (Å²) in [6.45, 7) is 0.759. The van der Waals surface area contributed by atoms with Crippen molar-refractivity contribution in [2.45, 2.75) is 19.3 Å². The third-order valence-corrected chi connectivity index (χ3v) is 2.47. The van der Waals surface area contributed by atoms with Gasteiger partial charge in [-0.15, -0.1) is 0 Å². The van der Waals surface area contributed by atoms with Crippen LogP contribution in [-0.4, -0.2) is 26.8 Å². The maximum atomic E-state index is 8.44. The van der Waals surface area contributed by atoms with E-state index in [4.69, 9.17) is 5.26 Å². The van der Waals surface area contributed by atoms with Gasteiger partial charge in [0.15, 0.2) is 0 Å². The van der Waals surface area contributed by atoms with E-state index in [2.05, 4.69) is 26.9 Å². The highest BCUT2D eigenvalue weighted by molar-refractivity contribution is 5.38. The molecule has 0 atom stereocenters. The zero-order valence-electron chi connectivity index (χ0n) is 9.95. The van der Waals surface area contributed by atoms with Gasteiger partial charge in [-0.3, -0.25) is 0 Å². The molecule has 0 fully saturated rings. The Morgan fingerprint density at radius 3 is 2.83 bits per heavy atom. The molecule has 92 valence electrons. The first-order chi connectivity index (χ1) is 8.92. The molecule has 1 aromatic heterocycles. The topological polar surface area (TPSA) is 79.4 Å². The first-order valence-electron chi connectivity index (χ1n) is 5.86. The van der Waals surface area contributed by atoms with Crippen LogP contribution in [0.5, 0.6) is 0 Å². The quantitative estimate of drug-likeness (QED) is 0.781. The Labute approximate surface area is 105 Å². The predicted octanol–water partition coefficient (Wildman–Crippen LogP) is 1.77. The largest absolute Gasteiger partial charge is 0.353 e. The zero-order valence-corrected chi connectivity index (χ0v) is 9.95. The number of anilines is 1. The van der Waals surface area contributed by atoms with E-state index in [0.29, 0.717) is 12.4 Å². The van der Waals surface area contributed by atoms with Crippen LogP contribution in [-0.2, 0) is 0 Å². The normalized spacial score (nSPS) is 9.94. The van der Waals surface area contributed by atoms with Gasteiger partial charge in [0.25, 0.3) is 0 Å². The van der Waals surface area contributed by atoms with Gasteiger partial charge in [0.05, 0.1) is 11.8 Å².